The van der Waals surface area contributed by atoms with E-state index in [0.29, 0.717) is 5.56 Å². The van der Waals surface area contributed by atoms with Crippen molar-refractivity contribution < 1.29 is 13.6 Å². The van der Waals surface area contributed by atoms with Crippen LogP contribution in [0.5, 0.6) is 0 Å². The molecule has 0 saturated heterocycles. The molecule has 0 aliphatic rings. The molecule has 5 nitrogen and oxygen atoms in total. The molecule has 2 heterocycles. The number of rotatable bonds is 5. The summed E-state index contributed by atoms with van der Waals surface area (Å²) in [5, 5.41) is 2.84. The molecule has 20 heavy (non-hydrogen) atoms. The lowest BCUT2D eigenvalue weighted by atomic mass is 10.1. The van der Waals surface area contributed by atoms with E-state index in [1.54, 1.807) is 6.26 Å². The van der Waals surface area contributed by atoms with E-state index < -0.39 is 5.63 Å². The Morgan fingerprint density at radius 2 is 2.25 bits per heavy atom. The molecule has 0 aliphatic heterocycles. The fourth-order valence-electron chi connectivity index (χ4n) is 1.71. The summed E-state index contributed by atoms with van der Waals surface area (Å²) in [6, 6.07) is 5.17. The Hall–Kier alpha value is -1.82. The summed E-state index contributed by atoms with van der Waals surface area (Å²) in [4.78, 5) is 23.1. The highest BCUT2D eigenvalue weighted by molar-refractivity contribution is 9.10. The first-order valence-corrected chi connectivity index (χ1v) is 6.97. The van der Waals surface area contributed by atoms with Gasteiger partial charge in [0.05, 0.1) is 11.8 Å². The SMILES string of the molecule is C[C@@H](CCc1ccco1)NC(=O)c1coc(=O)c(Br)c1. The monoisotopic (exact) mass is 339 g/mol. The van der Waals surface area contributed by atoms with Gasteiger partial charge in [0, 0.05) is 12.5 Å². The first-order chi connectivity index (χ1) is 9.56. The average Bonchev–Trinajstić information content (AvgIpc) is 2.92. The molecule has 2 aromatic heterocycles. The summed E-state index contributed by atoms with van der Waals surface area (Å²) in [6.45, 7) is 1.91. The molecule has 2 aromatic rings. The maximum atomic E-state index is 12.0. The second kappa shape index (κ2) is 6.56. The van der Waals surface area contributed by atoms with Crippen LogP contribution in [0.15, 0.2) is 48.8 Å². The first-order valence-electron chi connectivity index (χ1n) is 6.18. The van der Waals surface area contributed by atoms with E-state index in [1.165, 1.54) is 6.07 Å². The Labute approximate surface area is 124 Å². The lowest BCUT2D eigenvalue weighted by Crippen LogP contribution is -2.33. The van der Waals surface area contributed by atoms with Gasteiger partial charge in [-0.05, 0) is 47.5 Å². The number of nitrogens with one attached hydrogen (secondary N) is 1. The zero-order valence-corrected chi connectivity index (χ0v) is 12.5. The summed E-state index contributed by atoms with van der Waals surface area (Å²) in [7, 11) is 0. The molecule has 0 bridgehead atoms. The van der Waals surface area contributed by atoms with Gasteiger partial charge < -0.3 is 14.2 Å². The van der Waals surface area contributed by atoms with Crippen molar-refractivity contribution in [2.24, 2.45) is 0 Å². The van der Waals surface area contributed by atoms with Gasteiger partial charge in [-0.1, -0.05) is 0 Å². The van der Waals surface area contributed by atoms with Crippen molar-refractivity contribution in [1.82, 2.24) is 5.32 Å². The maximum Gasteiger partial charge on any atom is 0.350 e. The van der Waals surface area contributed by atoms with Crippen molar-refractivity contribution in [3.8, 4) is 0 Å². The van der Waals surface area contributed by atoms with Crippen molar-refractivity contribution >= 4 is 21.8 Å². The predicted molar refractivity (Wildman–Crippen MR) is 76.6 cm³/mol. The first kappa shape index (κ1) is 14.6. The van der Waals surface area contributed by atoms with Crippen LogP contribution in [0, 0.1) is 0 Å². The lowest BCUT2D eigenvalue weighted by Gasteiger charge is -2.12. The second-order valence-electron chi connectivity index (χ2n) is 4.46. The fourth-order valence-corrected chi connectivity index (χ4v) is 2.05. The Kier molecular flexibility index (Phi) is 4.79. The van der Waals surface area contributed by atoms with E-state index in [1.807, 2.05) is 19.1 Å². The van der Waals surface area contributed by atoms with Gasteiger partial charge in [-0.2, -0.15) is 0 Å². The molecule has 2 rings (SSSR count). The van der Waals surface area contributed by atoms with E-state index in [0.717, 1.165) is 24.9 Å². The molecule has 0 aromatic carbocycles. The summed E-state index contributed by atoms with van der Waals surface area (Å²) < 4.78 is 10.2. The molecule has 0 fully saturated rings. The number of halogens is 1. The average molecular weight is 340 g/mol. The van der Waals surface area contributed by atoms with E-state index in [4.69, 9.17) is 8.83 Å². The molecule has 1 N–H and O–H groups in total. The van der Waals surface area contributed by atoms with Crippen LogP contribution in [0.1, 0.15) is 29.5 Å². The lowest BCUT2D eigenvalue weighted by molar-refractivity contribution is 0.0935. The number of hydrogen-bond acceptors (Lipinski definition) is 4. The van der Waals surface area contributed by atoms with Crippen molar-refractivity contribution in [3.63, 3.8) is 0 Å². The Balaban J connectivity index is 1.90. The summed E-state index contributed by atoms with van der Waals surface area (Å²) in [6.07, 6.45) is 4.29. The standard InChI is InChI=1S/C14H14BrNO4/c1-9(4-5-11-3-2-6-19-11)16-13(17)10-7-12(15)14(18)20-8-10/h2-3,6-9H,4-5H2,1H3,(H,16,17)/t9-/m0/s1. The summed E-state index contributed by atoms with van der Waals surface area (Å²) >= 11 is 3.04. The van der Waals surface area contributed by atoms with Gasteiger partial charge in [0.25, 0.3) is 5.91 Å². The van der Waals surface area contributed by atoms with Gasteiger partial charge >= 0.3 is 5.63 Å². The topological polar surface area (TPSA) is 72.5 Å². The van der Waals surface area contributed by atoms with Crippen LogP contribution in [-0.4, -0.2) is 11.9 Å². The van der Waals surface area contributed by atoms with E-state index >= 15 is 0 Å². The maximum absolute atomic E-state index is 12.0. The Morgan fingerprint density at radius 3 is 2.90 bits per heavy atom. The van der Waals surface area contributed by atoms with Crippen LogP contribution in [0.4, 0.5) is 0 Å². The highest BCUT2D eigenvalue weighted by Gasteiger charge is 2.12. The number of hydrogen-bond donors (Lipinski definition) is 1. The van der Waals surface area contributed by atoms with Gasteiger partial charge in [0.15, 0.2) is 0 Å². The second-order valence-corrected chi connectivity index (χ2v) is 5.32. The van der Waals surface area contributed by atoms with Crippen LogP contribution < -0.4 is 10.9 Å². The molecule has 1 amide bonds. The smallest absolute Gasteiger partial charge is 0.350 e. The van der Waals surface area contributed by atoms with Gasteiger partial charge in [-0.15, -0.1) is 0 Å². The molecular formula is C14H14BrNO4. The van der Waals surface area contributed by atoms with Crippen LogP contribution in [0.2, 0.25) is 0 Å². The van der Waals surface area contributed by atoms with Crippen molar-refractivity contribution in [1.29, 1.82) is 0 Å². The van der Waals surface area contributed by atoms with Crippen LogP contribution in [0.3, 0.4) is 0 Å². The molecule has 106 valence electrons. The largest absolute Gasteiger partial charge is 0.469 e. The van der Waals surface area contributed by atoms with Crippen LogP contribution in [0.25, 0.3) is 0 Å². The van der Waals surface area contributed by atoms with Crippen molar-refractivity contribution in [3.05, 3.63) is 56.9 Å². The Morgan fingerprint density at radius 1 is 1.45 bits per heavy atom. The molecule has 0 aliphatic carbocycles. The highest BCUT2D eigenvalue weighted by atomic mass is 79.9. The van der Waals surface area contributed by atoms with Crippen molar-refractivity contribution in [2.45, 2.75) is 25.8 Å². The normalized spacial score (nSPS) is 12.1. The van der Waals surface area contributed by atoms with Gasteiger partial charge in [-0.25, -0.2) is 4.79 Å². The highest BCUT2D eigenvalue weighted by Crippen LogP contribution is 2.09. The van der Waals surface area contributed by atoms with Crippen molar-refractivity contribution in [2.75, 3.05) is 0 Å². The molecule has 6 heteroatoms. The van der Waals surface area contributed by atoms with Gasteiger partial charge in [0.2, 0.25) is 0 Å². The van der Waals surface area contributed by atoms with E-state index in [2.05, 4.69) is 21.2 Å². The number of carbonyl (C=O) groups is 1. The zero-order chi connectivity index (χ0) is 14.5. The van der Waals surface area contributed by atoms with Gasteiger partial charge in [0.1, 0.15) is 16.5 Å². The van der Waals surface area contributed by atoms with E-state index in [9.17, 15) is 9.59 Å². The molecule has 0 radical (unpaired) electrons. The number of furan rings is 1. The third kappa shape index (κ3) is 3.84. The van der Waals surface area contributed by atoms with Gasteiger partial charge in [-0.3, -0.25) is 4.79 Å². The number of carbonyl (C=O) groups excluding carboxylic acids is 1. The summed E-state index contributed by atoms with van der Waals surface area (Å²) in [5.74, 6) is 0.612. The van der Waals surface area contributed by atoms with E-state index in [-0.39, 0.29) is 16.4 Å². The zero-order valence-electron chi connectivity index (χ0n) is 10.9. The molecule has 0 saturated carbocycles. The fraction of sp³-hybridized carbons (Fsp3) is 0.286. The number of aryl methyl sites for hydroxylation is 1. The molecule has 0 spiro atoms. The third-order valence-corrected chi connectivity index (χ3v) is 3.37. The molecule has 1 atom stereocenters. The molecular weight excluding hydrogens is 326 g/mol. The van der Waals surface area contributed by atoms with Crippen LogP contribution >= 0.6 is 15.9 Å². The predicted octanol–water partition coefficient (Wildman–Crippen LogP) is 2.75. The minimum absolute atomic E-state index is 0.0155. The Bertz CT molecular complexity index is 633. The van der Waals surface area contributed by atoms with Crippen LogP contribution in [-0.2, 0) is 6.42 Å². The quantitative estimate of drug-likeness (QED) is 0.908. The summed E-state index contributed by atoms with van der Waals surface area (Å²) in [5.41, 5.74) is -0.200. The minimum Gasteiger partial charge on any atom is -0.469 e. The third-order valence-electron chi connectivity index (χ3n) is 2.81. The minimum atomic E-state index is -0.507. The number of amides is 1. The molecule has 0 unspecified atom stereocenters.